The molecule has 2 aliphatic heterocycles. The minimum Gasteiger partial charge on any atom is -0.339 e. The van der Waals surface area contributed by atoms with Crippen molar-refractivity contribution >= 4 is 5.91 Å². The van der Waals surface area contributed by atoms with Gasteiger partial charge in [-0.15, -0.1) is 0 Å². The first-order valence-corrected chi connectivity index (χ1v) is 10.2. The molecule has 0 aliphatic carbocycles. The highest BCUT2D eigenvalue weighted by atomic mass is 16.2. The van der Waals surface area contributed by atoms with Gasteiger partial charge in [0, 0.05) is 75.4 Å². The molecule has 1 saturated heterocycles. The summed E-state index contributed by atoms with van der Waals surface area (Å²) < 4.78 is 1.94. The summed E-state index contributed by atoms with van der Waals surface area (Å²) in [5.41, 5.74) is 4.38. The molecule has 0 atom stereocenters. The van der Waals surface area contributed by atoms with Gasteiger partial charge in [-0.25, -0.2) is 4.68 Å². The molecular weight excluding hydrogens is 352 g/mol. The maximum atomic E-state index is 12.8. The zero-order chi connectivity index (χ0) is 19.7. The van der Waals surface area contributed by atoms with Crippen molar-refractivity contribution in [3.8, 4) is 5.69 Å². The van der Waals surface area contributed by atoms with Crippen LogP contribution in [0.15, 0.2) is 24.5 Å². The standard InChI is InChI=1S/C21H30N6O/c1-16(2)25-8-10-26(11-9-25)21(28)15-24-7-5-20-18(13-24)14-27(23-20)19-4-6-22-17(3)12-19/h4,6,12,14,16H,5,7-11,13,15H2,1-3H3. The zero-order valence-electron chi connectivity index (χ0n) is 17.1. The minimum absolute atomic E-state index is 0.254. The van der Waals surface area contributed by atoms with Gasteiger partial charge in [0.05, 0.1) is 17.9 Å². The number of rotatable bonds is 4. The van der Waals surface area contributed by atoms with Crippen LogP contribution in [-0.4, -0.2) is 80.7 Å². The molecule has 1 amide bonds. The smallest absolute Gasteiger partial charge is 0.236 e. The van der Waals surface area contributed by atoms with Gasteiger partial charge in [0.1, 0.15) is 0 Å². The zero-order valence-corrected chi connectivity index (χ0v) is 17.1. The van der Waals surface area contributed by atoms with Crippen LogP contribution in [0, 0.1) is 6.92 Å². The van der Waals surface area contributed by atoms with E-state index < -0.39 is 0 Å². The number of nitrogens with zero attached hydrogens (tertiary/aromatic N) is 6. The number of fused-ring (bicyclic) bond motifs is 1. The topological polar surface area (TPSA) is 57.5 Å². The van der Waals surface area contributed by atoms with Gasteiger partial charge in [-0.3, -0.25) is 19.6 Å². The first-order valence-electron chi connectivity index (χ1n) is 10.2. The lowest BCUT2D eigenvalue weighted by molar-refractivity contribution is -0.134. The van der Waals surface area contributed by atoms with Crippen LogP contribution in [0.2, 0.25) is 0 Å². The van der Waals surface area contributed by atoms with Crippen molar-refractivity contribution in [3.63, 3.8) is 0 Å². The number of amides is 1. The van der Waals surface area contributed by atoms with Crippen LogP contribution >= 0.6 is 0 Å². The van der Waals surface area contributed by atoms with E-state index in [1.807, 2.05) is 34.8 Å². The lowest BCUT2D eigenvalue weighted by Crippen LogP contribution is -2.53. The predicted molar refractivity (Wildman–Crippen MR) is 108 cm³/mol. The van der Waals surface area contributed by atoms with Crippen molar-refractivity contribution in [2.24, 2.45) is 0 Å². The fourth-order valence-electron chi connectivity index (χ4n) is 4.09. The van der Waals surface area contributed by atoms with E-state index in [4.69, 9.17) is 5.10 Å². The number of aromatic nitrogens is 3. The molecule has 28 heavy (non-hydrogen) atoms. The SMILES string of the molecule is Cc1cc(-n2cc3c(n2)CCN(CC(=O)N2CCN(C(C)C)CC2)C3)ccn1. The van der Waals surface area contributed by atoms with E-state index in [0.717, 1.165) is 62.8 Å². The molecule has 0 spiro atoms. The van der Waals surface area contributed by atoms with E-state index in [1.54, 1.807) is 0 Å². The van der Waals surface area contributed by atoms with Gasteiger partial charge < -0.3 is 4.90 Å². The summed E-state index contributed by atoms with van der Waals surface area (Å²) >= 11 is 0. The highest BCUT2D eigenvalue weighted by Gasteiger charge is 2.26. The molecule has 0 unspecified atom stereocenters. The molecule has 0 saturated carbocycles. The number of carbonyl (C=O) groups excluding carboxylic acids is 1. The van der Waals surface area contributed by atoms with Crippen molar-refractivity contribution < 1.29 is 4.79 Å². The van der Waals surface area contributed by atoms with Gasteiger partial charge in [-0.2, -0.15) is 5.10 Å². The van der Waals surface area contributed by atoms with Gasteiger partial charge in [0.15, 0.2) is 0 Å². The summed E-state index contributed by atoms with van der Waals surface area (Å²) in [7, 11) is 0. The van der Waals surface area contributed by atoms with Crippen molar-refractivity contribution in [2.45, 2.75) is 39.8 Å². The number of pyridine rings is 1. The largest absolute Gasteiger partial charge is 0.339 e. The molecular formula is C21H30N6O. The first-order chi connectivity index (χ1) is 13.5. The fourth-order valence-corrected chi connectivity index (χ4v) is 4.09. The van der Waals surface area contributed by atoms with Crippen LogP contribution < -0.4 is 0 Å². The van der Waals surface area contributed by atoms with Gasteiger partial charge in [0.25, 0.3) is 0 Å². The van der Waals surface area contributed by atoms with Gasteiger partial charge >= 0.3 is 0 Å². The third kappa shape index (κ3) is 4.10. The van der Waals surface area contributed by atoms with Crippen molar-refractivity contribution in [1.29, 1.82) is 0 Å². The summed E-state index contributed by atoms with van der Waals surface area (Å²) in [5, 5.41) is 4.75. The molecule has 2 aromatic heterocycles. The highest BCUT2D eigenvalue weighted by Crippen LogP contribution is 2.20. The molecule has 0 N–H and O–H groups in total. The van der Waals surface area contributed by atoms with Crippen LogP contribution in [0.3, 0.4) is 0 Å². The summed E-state index contributed by atoms with van der Waals surface area (Å²) in [6.45, 7) is 12.2. The molecule has 1 fully saturated rings. The van der Waals surface area contributed by atoms with Crippen LogP contribution in [0.5, 0.6) is 0 Å². The van der Waals surface area contributed by atoms with Crippen molar-refractivity contribution in [3.05, 3.63) is 41.5 Å². The van der Waals surface area contributed by atoms with Crippen molar-refractivity contribution in [2.75, 3.05) is 39.3 Å². The summed E-state index contributed by atoms with van der Waals surface area (Å²) in [4.78, 5) is 23.7. The number of hydrogen-bond donors (Lipinski definition) is 0. The average molecular weight is 383 g/mol. The van der Waals surface area contributed by atoms with Gasteiger partial charge in [0.2, 0.25) is 5.91 Å². The second-order valence-electron chi connectivity index (χ2n) is 8.17. The molecule has 150 valence electrons. The Morgan fingerprint density at radius 2 is 1.96 bits per heavy atom. The summed E-state index contributed by atoms with van der Waals surface area (Å²) in [5.74, 6) is 0.254. The molecule has 2 aliphatic rings. The van der Waals surface area contributed by atoms with Crippen LogP contribution in [0.1, 0.15) is 30.8 Å². The number of aryl methyl sites for hydroxylation is 1. The normalized spacial score (nSPS) is 18.5. The van der Waals surface area contributed by atoms with Crippen LogP contribution in [0.25, 0.3) is 5.69 Å². The second kappa shape index (κ2) is 8.01. The molecule has 0 bridgehead atoms. The maximum Gasteiger partial charge on any atom is 0.236 e. The molecule has 4 rings (SSSR count). The minimum atomic E-state index is 0.254. The third-order valence-electron chi connectivity index (χ3n) is 5.84. The Balaban J connectivity index is 1.36. The van der Waals surface area contributed by atoms with E-state index in [2.05, 4.69) is 34.8 Å². The number of hydrogen-bond acceptors (Lipinski definition) is 5. The molecule has 4 heterocycles. The van der Waals surface area contributed by atoms with E-state index in [1.165, 1.54) is 5.56 Å². The molecule has 0 aromatic carbocycles. The Morgan fingerprint density at radius 1 is 1.18 bits per heavy atom. The monoisotopic (exact) mass is 382 g/mol. The summed E-state index contributed by atoms with van der Waals surface area (Å²) in [6.07, 6.45) is 4.80. The Kier molecular flexibility index (Phi) is 5.46. The lowest BCUT2D eigenvalue weighted by atomic mass is 10.1. The Morgan fingerprint density at radius 3 is 2.68 bits per heavy atom. The predicted octanol–water partition coefficient (Wildman–Crippen LogP) is 1.49. The molecule has 7 heteroatoms. The quantitative estimate of drug-likeness (QED) is 0.802. The third-order valence-corrected chi connectivity index (χ3v) is 5.84. The Labute approximate surface area is 166 Å². The average Bonchev–Trinajstić information content (AvgIpc) is 3.11. The highest BCUT2D eigenvalue weighted by molar-refractivity contribution is 5.78. The van der Waals surface area contributed by atoms with E-state index in [9.17, 15) is 4.79 Å². The molecule has 7 nitrogen and oxygen atoms in total. The summed E-state index contributed by atoms with van der Waals surface area (Å²) in [6, 6.07) is 4.57. The van der Waals surface area contributed by atoms with E-state index in [-0.39, 0.29) is 5.91 Å². The van der Waals surface area contributed by atoms with Crippen molar-refractivity contribution in [1.82, 2.24) is 29.5 Å². The number of piperazine rings is 1. The fraction of sp³-hybridized carbons (Fsp3) is 0.571. The number of carbonyl (C=O) groups is 1. The van der Waals surface area contributed by atoms with E-state index in [0.29, 0.717) is 12.6 Å². The van der Waals surface area contributed by atoms with E-state index >= 15 is 0 Å². The lowest BCUT2D eigenvalue weighted by Gasteiger charge is -2.38. The Bertz CT molecular complexity index is 837. The molecule has 2 aromatic rings. The first kappa shape index (κ1) is 19.1. The Hall–Kier alpha value is -2.25. The van der Waals surface area contributed by atoms with Gasteiger partial charge in [-0.1, -0.05) is 0 Å². The van der Waals surface area contributed by atoms with Crippen LogP contribution in [0.4, 0.5) is 0 Å². The maximum absolute atomic E-state index is 12.8. The second-order valence-corrected chi connectivity index (χ2v) is 8.17. The molecule has 0 radical (unpaired) electrons. The van der Waals surface area contributed by atoms with Gasteiger partial charge in [-0.05, 0) is 32.9 Å². The van der Waals surface area contributed by atoms with Crippen LogP contribution in [-0.2, 0) is 17.8 Å².